The molecule has 3 nitrogen and oxygen atoms in total. The molecule has 0 saturated carbocycles. The predicted octanol–water partition coefficient (Wildman–Crippen LogP) is 1.14. The van der Waals surface area contributed by atoms with Crippen LogP contribution in [0.1, 0.15) is 30.9 Å². The van der Waals surface area contributed by atoms with Gasteiger partial charge in [0.05, 0.1) is 6.61 Å². The van der Waals surface area contributed by atoms with E-state index in [0.717, 1.165) is 24.4 Å². The van der Waals surface area contributed by atoms with Gasteiger partial charge in [-0.3, -0.25) is 0 Å². The molecule has 0 bridgehead atoms. The number of nitrogens with zero attached hydrogens (tertiary/aromatic N) is 2. The Kier molecular flexibility index (Phi) is 3.83. The molecular weight excluding hydrogens is 164 g/mol. The van der Waals surface area contributed by atoms with Gasteiger partial charge in [-0.15, -0.1) is 0 Å². The quantitative estimate of drug-likeness (QED) is 0.755. The summed E-state index contributed by atoms with van der Waals surface area (Å²) in [5, 5.41) is 8.73. The second-order valence-corrected chi connectivity index (χ2v) is 2.94. The summed E-state index contributed by atoms with van der Waals surface area (Å²) < 4.78 is 0. The first-order valence-electron chi connectivity index (χ1n) is 4.76. The van der Waals surface area contributed by atoms with E-state index in [1.807, 2.05) is 6.20 Å². The van der Waals surface area contributed by atoms with E-state index in [2.05, 4.69) is 23.8 Å². The van der Waals surface area contributed by atoms with Crippen LogP contribution in [-0.2, 0) is 19.3 Å². The van der Waals surface area contributed by atoms with E-state index in [9.17, 15) is 0 Å². The summed E-state index contributed by atoms with van der Waals surface area (Å²) in [4.78, 5) is 8.56. The van der Waals surface area contributed by atoms with Crippen molar-refractivity contribution in [2.75, 3.05) is 6.61 Å². The number of aliphatic hydroxyl groups is 1. The van der Waals surface area contributed by atoms with Gasteiger partial charge in [0.1, 0.15) is 5.82 Å². The molecule has 13 heavy (non-hydrogen) atoms. The number of aryl methyl sites for hydroxylation is 2. The van der Waals surface area contributed by atoms with Gasteiger partial charge in [0, 0.05) is 18.3 Å². The third kappa shape index (κ3) is 2.49. The molecule has 0 saturated heterocycles. The average molecular weight is 180 g/mol. The van der Waals surface area contributed by atoms with Crippen molar-refractivity contribution in [3.63, 3.8) is 0 Å². The van der Waals surface area contributed by atoms with Crippen molar-refractivity contribution in [1.29, 1.82) is 0 Å². The first kappa shape index (κ1) is 10.1. The van der Waals surface area contributed by atoms with Crippen LogP contribution in [0.2, 0.25) is 0 Å². The van der Waals surface area contributed by atoms with Crippen molar-refractivity contribution < 1.29 is 5.11 Å². The van der Waals surface area contributed by atoms with E-state index in [1.165, 1.54) is 5.56 Å². The fourth-order valence-electron chi connectivity index (χ4n) is 1.31. The van der Waals surface area contributed by atoms with Crippen molar-refractivity contribution in [2.24, 2.45) is 0 Å². The van der Waals surface area contributed by atoms with Crippen molar-refractivity contribution in [2.45, 2.75) is 33.1 Å². The highest BCUT2D eigenvalue weighted by Crippen LogP contribution is 2.07. The number of hydrogen-bond acceptors (Lipinski definition) is 3. The lowest BCUT2D eigenvalue weighted by Gasteiger charge is -2.05. The SMILES string of the molecule is CCc1cnc(CCO)nc1CC. The second kappa shape index (κ2) is 4.92. The van der Waals surface area contributed by atoms with Crippen LogP contribution in [0.3, 0.4) is 0 Å². The van der Waals surface area contributed by atoms with Crippen LogP contribution < -0.4 is 0 Å². The molecule has 1 heterocycles. The number of hydrogen-bond donors (Lipinski definition) is 1. The third-order valence-electron chi connectivity index (χ3n) is 2.06. The highest BCUT2D eigenvalue weighted by molar-refractivity contribution is 5.17. The maximum absolute atomic E-state index is 8.73. The molecule has 1 N–H and O–H groups in total. The minimum atomic E-state index is 0.120. The Balaban J connectivity index is 2.91. The van der Waals surface area contributed by atoms with Gasteiger partial charge in [0.25, 0.3) is 0 Å². The van der Waals surface area contributed by atoms with Crippen LogP contribution in [-0.4, -0.2) is 21.7 Å². The van der Waals surface area contributed by atoms with Crippen molar-refractivity contribution >= 4 is 0 Å². The summed E-state index contributed by atoms with van der Waals surface area (Å²) >= 11 is 0. The Morgan fingerprint density at radius 2 is 2.08 bits per heavy atom. The topological polar surface area (TPSA) is 46.0 Å². The molecule has 0 unspecified atom stereocenters. The van der Waals surface area contributed by atoms with Gasteiger partial charge in [-0.25, -0.2) is 9.97 Å². The van der Waals surface area contributed by atoms with Crippen LogP contribution in [0.15, 0.2) is 6.20 Å². The van der Waals surface area contributed by atoms with Gasteiger partial charge in [-0.2, -0.15) is 0 Å². The zero-order valence-electron chi connectivity index (χ0n) is 8.25. The largest absolute Gasteiger partial charge is 0.396 e. The molecule has 0 spiro atoms. The van der Waals surface area contributed by atoms with E-state index in [-0.39, 0.29) is 6.61 Å². The van der Waals surface area contributed by atoms with Gasteiger partial charge >= 0.3 is 0 Å². The lowest BCUT2D eigenvalue weighted by molar-refractivity contribution is 0.296. The zero-order valence-corrected chi connectivity index (χ0v) is 8.25. The molecule has 72 valence electrons. The predicted molar refractivity (Wildman–Crippen MR) is 51.6 cm³/mol. The lowest BCUT2D eigenvalue weighted by Crippen LogP contribution is -2.04. The van der Waals surface area contributed by atoms with E-state index in [0.29, 0.717) is 6.42 Å². The van der Waals surface area contributed by atoms with E-state index in [4.69, 9.17) is 5.11 Å². The Morgan fingerprint density at radius 3 is 2.62 bits per heavy atom. The summed E-state index contributed by atoms with van der Waals surface area (Å²) in [6, 6.07) is 0. The normalized spacial score (nSPS) is 10.4. The summed E-state index contributed by atoms with van der Waals surface area (Å²) in [6.07, 6.45) is 4.33. The van der Waals surface area contributed by atoms with E-state index in [1.54, 1.807) is 0 Å². The Hall–Kier alpha value is -0.960. The average Bonchev–Trinajstić information content (AvgIpc) is 2.18. The molecule has 1 aromatic heterocycles. The summed E-state index contributed by atoms with van der Waals surface area (Å²) in [5.41, 5.74) is 2.32. The van der Waals surface area contributed by atoms with Gasteiger partial charge in [0.2, 0.25) is 0 Å². The third-order valence-corrected chi connectivity index (χ3v) is 2.06. The number of rotatable bonds is 4. The molecule has 1 aromatic rings. The molecule has 1 rings (SSSR count). The van der Waals surface area contributed by atoms with Crippen LogP contribution in [0.25, 0.3) is 0 Å². The van der Waals surface area contributed by atoms with Gasteiger partial charge in [-0.1, -0.05) is 13.8 Å². The monoisotopic (exact) mass is 180 g/mol. The van der Waals surface area contributed by atoms with Crippen LogP contribution in [0, 0.1) is 0 Å². The smallest absolute Gasteiger partial charge is 0.130 e. The van der Waals surface area contributed by atoms with Crippen LogP contribution in [0.5, 0.6) is 0 Å². The molecule has 0 aromatic carbocycles. The fourth-order valence-corrected chi connectivity index (χ4v) is 1.31. The summed E-state index contributed by atoms with van der Waals surface area (Å²) in [5.74, 6) is 0.747. The number of aromatic nitrogens is 2. The molecule has 0 radical (unpaired) electrons. The number of aliphatic hydroxyl groups excluding tert-OH is 1. The highest BCUT2D eigenvalue weighted by Gasteiger charge is 2.03. The molecule has 0 amide bonds. The summed E-state index contributed by atoms with van der Waals surface area (Å²) in [7, 11) is 0. The van der Waals surface area contributed by atoms with E-state index >= 15 is 0 Å². The van der Waals surface area contributed by atoms with Crippen LogP contribution in [0.4, 0.5) is 0 Å². The first-order chi connectivity index (χ1) is 6.31. The Morgan fingerprint density at radius 1 is 1.31 bits per heavy atom. The molecule has 0 atom stereocenters. The van der Waals surface area contributed by atoms with Crippen molar-refractivity contribution in [1.82, 2.24) is 9.97 Å². The molecule has 0 aliphatic heterocycles. The standard InChI is InChI=1S/C10H16N2O/c1-3-8-7-11-10(5-6-13)12-9(8)4-2/h7,13H,3-6H2,1-2H3. The lowest BCUT2D eigenvalue weighted by atomic mass is 10.1. The minimum Gasteiger partial charge on any atom is -0.396 e. The second-order valence-electron chi connectivity index (χ2n) is 2.94. The minimum absolute atomic E-state index is 0.120. The maximum atomic E-state index is 8.73. The Labute approximate surface area is 78.9 Å². The first-order valence-corrected chi connectivity index (χ1v) is 4.76. The molecule has 0 fully saturated rings. The molecule has 0 aliphatic rings. The summed E-state index contributed by atoms with van der Waals surface area (Å²) in [6.45, 7) is 4.31. The molecular formula is C10H16N2O. The van der Waals surface area contributed by atoms with Gasteiger partial charge < -0.3 is 5.11 Å². The van der Waals surface area contributed by atoms with Crippen LogP contribution >= 0.6 is 0 Å². The van der Waals surface area contributed by atoms with Crippen molar-refractivity contribution in [3.8, 4) is 0 Å². The maximum Gasteiger partial charge on any atom is 0.130 e. The highest BCUT2D eigenvalue weighted by atomic mass is 16.3. The van der Waals surface area contributed by atoms with Gasteiger partial charge in [-0.05, 0) is 18.4 Å². The Bertz CT molecular complexity index is 274. The molecule has 0 aliphatic carbocycles. The molecule has 3 heteroatoms. The fraction of sp³-hybridized carbons (Fsp3) is 0.600. The van der Waals surface area contributed by atoms with Gasteiger partial charge in [0.15, 0.2) is 0 Å². The van der Waals surface area contributed by atoms with E-state index < -0.39 is 0 Å². The zero-order chi connectivity index (χ0) is 9.68. The van der Waals surface area contributed by atoms with Crippen molar-refractivity contribution in [3.05, 3.63) is 23.3 Å².